The number of amides is 1. The van der Waals surface area contributed by atoms with Crippen LogP contribution in [0.3, 0.4) is 0 Å². The molecule has 0 aliphatic carbocycles. The van der Waals surface area contributed by atoms with Gasteiger partial charge in [0.15, 0.2) is 0 Å². The fourth-order valence-corrected chi connectivity index (χ4v) is 10.0. The van der Waals surface area contributed by atoms with E-state index in [0.717, 1.165) is 68.1 Å². The molecule has 218 valence electrons. The van der Waals surface area contributed by atoms with Crippen molar-refractivity contribution >= 4 is 41.6 Å². The lowest BCUT2D eigenvalue weighted by molar-refractivity contribution is -0.137. The number of fused-ring (bicyclic) bond motifs is 4. The highest BCUT2D eigenvalue weighted by Gasteiger charge is 2.37. The van der Waals surface area contributed by atoms with E-state index < -0.39 is 14.0 Å². The molecule has 0 fully saturated rings. The Bertz CT molecular complexity index is 1690. The number of carbonyl (C=O) groups is 2. The zero-order valence-electron chi connectivity index (χ0n) is 25.1. The number of carboxylic acid groups (broad SMARTS) is 1. The highest BCUT2D eigenvalue weighted by Crippen LogP contribution is 2.32. The molecule has 6 nitrogen and oxygen atoms in total. The summed E-state index contributed by atoms with van der Waals surface area (Å²) in [6.45, 7) is 7.20. The molecule has 0 radical (unpaired) electrons. The average molecular weight is 580 g/mol. The monoisotopic (exact) mass is 579 g/mol. The van der Waals surface area contributed by atoms with Gasteiger partial charge in [-0.2, -0.15) is 0 Å². The van der Waals surface area contributed by atoms with E-state index in [9.17, 15) is 9.59 Å². The van der Waals surface area contributed by atoms with Crippen LogP contribution in [0.4, 0.5) is 5.69 Å². The van der Waals surface area contributed by atoms with Crippen molar-refractivity contribution in [2.24, 2.45) is 4.99 Å². The first kappa shape index (κ1) is 28.4. The molecule has 3 aromatic rings. The summed E-state index contributed by atoms with van der Waals surface area (Å²) in [6.07, 6.45) is 7.12. The number of nitrogens with zero attached hydrogens (tertiary/aromatic N) is 2. The smallest absolute Gasteiger partial charge is 0.303 e. The molecule has 0 unspecified atom stereocenters. The van der Waals surface area contributed by atoms with Gasteiger partial charge in [0, 0.05) is 44.4 Å². The Morgan fingerprint density at radius 2 is 1.74 bits per heavy atom. The number of aryl methyl sites for hydroxylation is 2. The van der Waals surface area contributed by atoms with Crippen LogP contribution in [0.1, 0.15) is 71.1 Å². The molecule has 6 rings (SSSR count). The van der Waals surface area contributed by atoms with E-state index in [2.05, 4.69) is 48.7 Å². The molecular formula is C35H41N3O3Si. The zero-order valence-corrected chi connectivity index (χ0v) is 26.1. The fraction of sp³-hybridized carbons (Fsp3) is 0.400. The van der Waals surface area contributed by atoms with Crippen LogP contribution in [0, 0.1) is 0 Å². The van der Waals surface area contributed by atoms with Crippen molar-refractivity contribution in [1.29, 1.82) is 0 Å². The highest BCUT2D eigenvalue weighted by molar-refractivity contribution is 7.01. The molecule has 0 aromatic heterocycles. The van der Waals surface area contributed by atoms with Crippen LogP contribution in [0.2, 0.25) is 13.1 Å². The maximum absolute atomic E-state index is 13.9. The molecular weight excluding hydrogens is 538 g/mol. The lowest BCUT2D eigenvalue weighted by Crippen LogP contribution is -2.63. The number of hydrogen-bond acceptors (Lipinski definition) is 4. The number of rotatable bonds is 6. The predicted octanol–water partition coefficient (Wildman–Crippen LogP) is 3.71. The number of carbonyl (C=O) groups excluding carboxylic acids is 1. The first-order chi connectivity index (χ1) is 20.3. The maximum atomic E-state index is 13.9. The van der Waals surface area contributed by atoms with Crippen molar-refractivity contribution in [2.45, 2.75) is 64.5 Å². The van der Waals surface area contributed by atoms with Crippen molar-refractivity contribution in [2.75, 3.05) is 32.0 Å². The van der Waals surface area contributed by atoms with E-state index in [0.29, 0.717) is 18.5 Å². The predicted molar refractivity (Wildman–Crippen MR) is 172 cm³/mol. The van der Waals surface area contributed by atoms with E-state index in [1.165, 1.54) is 38.0 Å². The molecule has 2 N–H and O–H groups in total. The Labute approximate surface area is 249 Å². The summed E-state index contributed by atoms with van der Waals surface area (Å²) in [4.78, 5) is 31.7. The second-order valence-electron chi connectivity index (χ2n) is 12.6. The second-order valence-corrected chi connectivity index (χ2v) is 16.9. The van der Waals surface area contributed by atoms with Gasteiger partial charge in [0.05, 0.1) is 5.36 Å². The minimum Gasteiger partial charge on any atom is -0.481 e. The van der Waals surface area contributed by atoms with Crippen LogP contribution in [-0.4, -0.2) is 56.6 Å². The summed E-state index contributed by atoms with van der Waals surface area (Å²) in [5.41, 5.74) is 7.95. The van der Waals surface area contributed by atoms with E-state index in [1.54, 1.807) is 11.9 Å². The van der Waals surface area contributed by atoms with Gasteiger partial charge >= 0.3 is 5.97 Å². The molecule has 3 aliphatic rings. The van der Waals surface area contributed by atoms with Gasteiger partial charge in [-0.15, -0.1) is 0 Å². The van der Waals surface area contributed by atoms with E-state index in [4.69, 9.17) is 10.1 Å². The van der Waals surface area contributed by atoms with Gasteiger partial charge < -0.3 is 15.3 Å². The third kappa shape index (κ3) is 5.19. The molecule has 0 atom stereocenters. The van der Waals surface area contributed by atoms with Crippen molar-refractivity contribution < 1.29 is 14.7 Å². The molecule has 42 heavy (non-hydrogen) atoms. The van der Waals surface area contributed by atoms with Gasteiger partial charge in [-0.25, -0.2) is 0 Å². The van der Waals surface area contributed by atoms with Crippen molar-refractivity contribution in [1.82, 2.24) is 4.90 Å². The van der Waals surface area contributed by atoms with Crippen LogP contribution in [-0.2, 0) is 17.6 Å². The lowest BCUT2D eigenvalue weighted by Gasteiger charge is -2.35. The fourth-order valence-electron chi connectivity index (χ4n) is 6.98. The number of carboxylic acids is 1. The molecule has 0 spiro atoms. The second kappa shape index (κ2) is 11.5. The summed E-state index contributed by atoms with van der Waals surface area (Å²) < 4.78 is 0. The number of aliphatic carboxylic acids is 1. The van der Waals surface area contributed by atoms with E-state index in [1.807, 2.05) is 18.2 Å². The minimum atomic E-state index is -2.12. The summed E-state index contributed by atoms with van der Waals surface area (Å²) in [7, 11) is -0.349. The molecule has 0 saturated carbocycles. The Morgan fingerprint density at radius 1 is 0.952 bits per heavy atom. The van der Waals surface area contributed by atoms with Crippen LogP contribution < -0.4 is 26.3 Å². The number of benzene rings is 3. The number of nitrogens with one attached hydrogen (secondary N) is 1. The van der Waals surface area contributed by atoms with Crippen LogP contribution in [0.15, 0.2) is 53.5 Å². The highest BCUT2D eigenvalue weighted by atomic mass is 28.3. The molecule has 3 aromatic carbocycles. The van der Waals surface area contributed by atoms with Crippen LogP contribution in [0.5, 0.6) is 0 Å². The van der Waals surface area contributed by atoms with Gasteiger partial charge in [-0.3, -0.25) is 14.6 Å². The van der Waals surface area contributed by atoms with Gasteiger partial charge in [0.1, 0.15) is 8.07 Å². The van der Waals surface area contributed by atoms with Gasteiger partial charge in [0.2, 0.25) is 0 Å². The Kier molecular flexibility index (Phi) is 7.79. The van der Waals surface area contributed by atoms with Gasteiger partial charge in [0.25, 0.3) is 5.91 Å². The minimum absolute atomic E-state index is 0.0480. The molecule has 3 heterocycles. The van der Waals surface area contributed by atoms with Crippen LogP contribution in [0.25, 0.3) is 5.57 Å². The van der Waals surface area contributed by atoms with E-state index >= 15 is 0 Å². The number of hydrogen-bond donors (Lipinski definition) is 2. The lowest BCUT2D eigenvalue weighted by atomic mass is 9.88. The molecule has 0 bridgehead atoms. The summed E-state index contributed by atoms with van der Waals surface area (Å²) >= 11 is 0. The summed E-state index contributed by atoms with van der Waals surface area (Å²) in [6, 6.07) is 17.6. The summed E-state index contributed by atoms with van der Waals surface area (Å²) in [5.74, 6) is -0.914. The Morgan fingerprint density at radius 3 is 2.57 bits per heavy atom. The third-order valence-electron chi connectivity index (χ3n) is 9.33. The van der Waals surface area contributed by atoms with Crippen molar-refractivity contribution in [3.05, 3.63) is 86.9 Å². The maximum Gasteiger partial charge on any atom is 0.303 e. The molecule has 7 heteroatoms. The Hall–Kier alpha value is -3.71. The number of anilines is 1. The average Bonchev–Trinajstić information content (AvgIpc) is 3.35. The standard InChI is InChI=1S/C35H41N3O3Si/c1-38(18-10-15-33(39)40)35(41)26-14-5-4-13-25(26)34-27-19-23-11-6-8-16-36-29(23)21-31(27)42(2,3)32-22-30-24(20-28(32)34)12-7-9-17-37-30/h4-5,13-14,19-22,36H,6-12,15-18H2,1-3H3,(H,39,40). The third-order valence-corrected chi connectivity index (χ3v) is 12.9. The van der Waals surface area contributed by atoms with E-state index in [-0.39, 0.29) is 12.3 Å². The Balaban J connectivity index is 1.62. The van der Waals surface area contributed by atoms with Crippen molar-refractivity contribution in [3.63, 3.8) is 0 Å². The first-order valence-corrected chi connectivity index (χ1v) is 18.5. The SMILES string of the molecule is CN(CCCC(=O)O)C(=O)c1ccccc1C1=c2cc3c(cc2[Si](C)(C)c2cc4c(cc21)CCCCN4)=NCCCC3. The quantitative estimate of drug-likeness (QED) is 0.437. The first-order valence-electron chi connectivity index (χ1n) is 15.5. The van der Waals surface area contributed by atoms with Gasteiger partial charge in [-0.1, -0.05) is 31.3 Å². The zero-order chi connectivity index (χ0) is 29.4. The van der Waals surface area contributed by atoms with Crippen LogP contribution >= 0.6 is 0 Å². The topological polar surface area (TPSA) is 82.0 Å². The molecule has 3 aliphatic heterocycles. The molecule has 1 amide bonds. The van der Waals surface area contributed by atoms with Gasteiger partial charge in [-0.05, 0) is 119 Å². The van der Waals surface area contributed by atoms with Crippen molar-refractivity contribution in [3.8, 4) is 0 Å². The molecule has 0 saturated heterocycles. The normalized spacial score (nSPS) is 16.8. The summed E-state index contributed by atoms with van der Waals surface area (Å²) in [5, 5.41) is 18.0. The largest absolute Gasteiger partial charge is 0.481 e.